The predicted molar refractivity (Wildman–Crippen MR) is 118 cm³/mol. The van der Waals surface area contributed by atoms with Crippen LogP contribution < -0.4 is 16.0 Å². The molecule has 162 valence electrons. The lowest BCUT2D eigenvalue weighted by Gasteiger charge is -2.22. The standard InChI is InChI=1S/C22H23N3O5S/c1-14-12-15-6-4-5-7-17(15)25(14)20(26)10-11-31(29,30)16-8-9-18-19(13-16)24(3)22(28)21(27)23(18)2/h4-9,13-14H,10-12H2,1-3H3/t14-/m1/s1. The van der Waals surface area contributed by atoms with Crippen molar-refractivity contribution < 1.29 is 13.2 Å². The van der Waals surface area contributed by atoms with Gasteiger partial charge in [0, 0.05) is 32.2 Å². The highest BCUT2D eigenvalue weighted by atomic mass is 32.2. The van der Waals surface area contributed by atoms with Crippen molar-refractivity contribution in [3.63, 3.8) is 0 Å². The number of hydrogen-bond donors (Lipinski definition) is 0. The van der Waals surface area contributed by atoms with Gasteiger partial charge in [-0.15, -0.1) is 0 Å². The minimum Gasteiger partial charge on any atom is -0.309 e. The second-order valence-corrected chi connectivity index (χ2v) is 10.0. The van der Waals surface area contributed by atoms with Crippen LogP contribution in [0.3, 0.4) is 0 Å². The van der Waals surface area contributed by atoms with Gasteiger partial charge in [0.2, 0.25) is 5.91 Å². The SMILES string of the molecule is C[C@@H]1Cc2ccccc2N1C(=O)CCS(=O)(=O)c1ccc2c(c1)n(C)c(=O)c(=O)n2C. The number of hydrogen-bond acceptors (Lipinski definition) is 5. The highest BCUT2D eigenvalue weighted by molar-refractivity contribution is 7.91. The van der Waals surface area contributed by atoms with E-state index in [0.717, 1.165) is 22.2 Å². The van der Waals surface area contributed by atoms with Crippen molar-refractivity contribution in [2.75, 3.05) is 10.7 Å². The summed E-state index contributed by atoms with van der Waals surface area (Å²) in [5.74, 6) is -0.584. The molecule has 0 spiro atoms. The molecule has 3 aromatic rings. The molecule has 0 bridgehead atoms. The third-order valence-corrected chi connectivity index (χ3v) is 7.60. The lowest BCUT2D eigenvalue weighted by Crippen LogP contribution is -2.39. The normalized spacial score (nSPS) is 16.0. The van der Waals surface area contributed by atoms with E-state index < -0.39 is 21.0 Å². The maximum atomic E-state index is 12.9. The van der Waals surface area contributed by atoms with E-state index >= 15 is 0 Å². The topological polar surface area (TPSA) is 98.5 Å². The number of benzene rings is 2. The Balaban J connectivity index is 1.61. The Kier molecular flexibility index (Phi) is 5.09. The van der Waals surface area contributed by atoms with Crippen LogP contribution in [-0.4, -0.2) is 35.3 Å². The number of carbonyl (C=O) groups is 1. The second kappa shape index (κ2) is 7.49. The zero-order valence-electron chi connectivity index (χ0n) is 17.5. The van der Waals surface area contributed by atoms with Gasteiger partial charge in [-0.2, -0.15) is 0 Å². The first-order valence-electron chi connectivity index (χ1n) is 9.94. The number of carbonyl (C=O) groups excluding carboxylic acids is 1. The van der Waals surface area contributed by atoms with Gasteiger partial charge in [-0.05, 0) is 43.2 Å². The number of sulfone groups is 1. The quantitative estimate of drug-likeness (QED) is 0.570. The van der Waals surface area contributed by atoms with Crippen LogP contribution in [0.15, 0.2) is 56.9 Å². The number of anilines is 1. The smallest absolute Gasteiger partial charge is 0.309 e. The molecule has 0 fully saturated rings. The molecule has 4 rings (SSSR count). The minimum absolute atomic E-state index is 0.0105. The van der Waals surface area contributed by atoms with Crippen LogP contribution in [0.25, 0.3) is 11.0 Å². The summed E-state index contributed by atoms with van der Waals surface area (Å²) in [6.45, 7) is 1.94. The van der Waals surface area contributed by atoms with Crippen LogP contribution in [0.4, 0.5) is 5.69 Å². The number of aryl methyl sites for hydroxylation is 2. The van der Waals surface area contributed by atoms with Gasteiger partial charge in [0.25, 0.3) is 0 Å². The third-order valence-electron chi connectivity index (χ3n) is 5.88. The molecule has 8 nitrogen and oxygen atoms in total. The van der Waals surface area contributed by atoms with Crippen molar-refractivity contribution in [1.82, 2.24) is 9.13 Å². The van der Waals surface area contributed by atoms with Gasteiger partial charge < -0.3 is 14.0 Å². The zero-order chi connectivity index (χ0) is 22.5. The van der Waals surface area contributed by atoms with Crippen LogP contribution in [0.2, 0.25) is 0 Å². The average molecular weight is 442 g/mol. The first kappa shape index (κ1) is 21.0. The molecule has 1 atom stereocenters. The Morgan fingerprint density at radius 1 is 1.00 bits per heavy atom. The number of nitrogens with zero attached hydrogens (tertiary/aromatic N) is 3. The van der Waals surface area contributed by atoms with Crippen molar-refractivity contribution in [2.24, 2.45) is 14.1 Å². The molecule has 0 unspecified atom stereocenters. The van der Waals surface area contributed by atoms with Gasteiger partial charge in [0.1, 0.15) is 0 Å². The maximum absolute atomic E-state index is 12.9. The largest absolute Gasteiger partial charge is 0.316 e. The first-order valence-corrected chi connectivity index (χ1v) is 11.6. The number of para-hydroxylation sites is 1. The molecular weight excluding hydrogens is 418 g/mol. The molecule has 0 N–H and O–H groups in total. The molecule has 1 aromatic heterocycles. The van der Waals surface area contributed by atoms with Crippen molar-refractivity contribution in [3.05, 3.63) is 68.7 Å². The fourth-order valence-electron chi connectivity index (χ4n) is 4.16. The van der Waals surface area contributed by atoms with E-state index in [0.29, 0.717) is 11.0 Å². The molecule has 31 heavy (non-hydrogen) atoms. The summed E-state index contributed by atoms with van der Waals surface area (Å²) in [7, 11) is -0.879. The molecule has 9 heteroatoms. The van der Waals surface area contributed by atoms with Gasteiger partial charge in [-0.3, -0.25) is 14.4 Å². The van der Waals surface area contributed by atoms with E-state index in [1.165, 1.54) is 36.9 Å². The predicted octanol–water partition coefficient (Wildman–Crippen LogP) is 1.38. The first-order chi connectivity index (χ1) is 14.6. The summed E-state index contributed by atoms with van der Waals surface area (Å²) in [6, 6.07) is 11.9. The summed E-state index contributed by atoms with van der Waals surface area (Å²) >= 11 is 0. The van der Waals surface area contributed by atoms with Crippen molar-refractivity contribution in [2.45, 2.75) is 30.7 Å². The summed E-state index contributed by atoms with van der Waals surface area (Å²) < 4.78 is 28.2. The molecule has 2 aromatic carbocycles. The Bertz CT molecular complexity index is 1440. The number of fused-ring (bicyclic) bond motifs is 2. The highest BCUT2D eigenvalue weighted by Gasteiger charge is 2.31. The molecule has 0 saturated carbocycles. The fourth-order valence-corrected chi connectivity index (χ4v) is 5.41. The Labute approximate surface area is 179 Å². The molecule has 0 radical (unpaired) electrons. The third kappa shape index (κ3) is 3.48. The fraction of sp³-hybridized carbons (Fsp3) is 0.318. The van der Waals surface area contributed by atoms with Crippen LogP contribution in [-0.2, 0) is 35.1 Å². The summed E-state index contributed by atoms with van der Waals surface area (Å²) in [5.41, 5.74) is 1.27. The number of rotatable bonds is 4. The summed E-state index contributed by atoms with van der Waals surface area (Å²) in [6.07, 6.45) is 0.595. The maximum Gasteiger partial charge on any atom is 0.316 e. The van der Waals surface area contributed by atoms with Crippen LogP contribution >= 0.6 is 0 Å². The summed E-state index contributed by atoms with van der Waals surface area (Å²) in [5, 5.41) is 0. The van der Waals surface area contributed by atoms with E-state index in [-0.39, 0.29) is 29.0 Å². The summed E-state index contributed by atoms with van der Waals surface area (Å²) in [4.78, 5) is 38.6. The lowest BCUT2D eigenvalue weighted by atomic mass is 10.1. The number of aromatic nitrogens is 2. The Hall–Kier alpha value is -3.20. The van der Waals surface area contributed by atoms with Gasteiger partial charge >= 0.3 is 11.1 Å². The van der Waals surface area contributed by atoms with Gasteiger partial charge in [-0.1, -0.05) is 18.2 Å². The van der Waals surface area contributed by atoms with Crippen molar-refractivity contribution in [3.8, 4) is 0 Å². The van der Waals surface area contributed by atoms with E-state index in [1.807, 2.05) is 31.2 Å². The van der Waals surface area contributed by atoms with E-state index in [2.05, 4.69) is 0 Å². The molecule has 1 aliphatic rings. The molecule has 1 aliphatic heterocycles. The van der Waals surface area contributed by atoms with Crippen LogP contribution in [0.5, 0.6) is 0 Å². The Morgan fingerprint density at radius 2 is 1.65 bits per heavy atom. The van der Waals surface area contributed by atoms with Gasteiger partial charge in [0.15, 0.2) is 9.84 Å². The highest BCUT2D eigenvalue weighted by Crippen LogP contribution is 2.32. The van der Waals surface area contributed by atoms with Crippen molar-refractivity contribution >= 4 is 32.5 Å². The van der Waals surface area contributed by atoms with Crippen molar-refractivity contribution in [1.29, 1.82) is 0 Å². The van der Waals surface area contributed by atoms with Gasteiger partial charge in [0.05, 0.1) is 21.7 Å². The average Bonchev–Trinajstić information content (AvgIpc) is 3.10. The second-order valence-electron chi connectivity index (χ2n) is 7.89. The molecule has 0 aliphatic carbocycles. The minimum atomic E-state index is -3.77. The van der Waals surface area contributed by atoms with E-state index in [1.54, 1.807) is 4.90 Å². The monoisotopic (exact) mass is 441 g/mol. The van der Waals surface area contributed by atoms with Crippen LogP contribution in [0, 0.1) is 0 Å². The van der Waals surface area contributed by atoms with E-state index in [9.17, 15) is 22.8 Å². The molecule has 1 amide bonds. The van der Waals surface area contributed by atoms with E-state index in [4.69, 9.17) is 0 Å². The molecular formula is C22H23N3O5S. The zero-order valence-corrected chi connectivity index (χ0v) is 18.3. The molecule has 2 heterocycles. The molecule has 0 saturated heterocycles. The van der Waals surface area contributed by atoms with Crippen LogP contribution in [0.1, 0.15) is 18.9 Å². The van der Waals surface area contributed by atoms with Gasteiger partial charge in [-0.25, -0.2) is 8.42 Å². The number of amides is 1. The Morgan fingerprint density at radius 3 is 2.35 bits per heavy atom. The lowest BCUT2D eigenvalue weighted by molar-refractivity contribution is -0.118.